The predicted octanol–water partition coefficient (Wildman–Crippen LogP) is 3.83. The number of thiophene rings is 1. The summed E-state index contributed by atoms with van der Waals surface area (Å²) in [6, 6.07) is 6.00. The standard InChI is InChI=1S/C25H33N3O5S2/c1-5-33-25(30)22-20-10-11-27(4)15-21(20)34-24(22)26-23(29)18-6-8-19(9-7-18)35(31,32)28-13-16(2)12-17(3)14-28/h6-9,16-17H,5,10-15H2,1-4H3,(H,26,29)/t16-,17-/m0/s1. The first-order chi connectivity index (χ1) is 16.6. The number of ether oxygens (including phenoxy) is 1. The minimum atomic E-state index is -3.62. The van der Waals surface area contributed by atoms with Crippen molar-refractivity contribution < 1.29 is 22.7 Å². The number of nitrogens with one attached hydrogen (secondary N) is 1. The second kappa shape index (κ2) is 10.4. The molecule has 0 radical (unpaired) electrons. The lowest BCUT2D eigenvalue weighted by Gasteiger charge is -2.34. The molecule has 10 heteroatoms. The highest BCUT2D eigenvalue weighted by atomic mass is 32.2. The molecular formula is C25H33N3O5S2. The van der Waals surface area contributed by atoms with Gasteiger partial charge in [0.2, 0.25) is 10.0 Å². The number of hydrogen-bond donors (Lipinski definition) is 1. The molecule has 35 heavy (non-hydrogen) atoms. The highest BCUT2D eigenvalue weighted by molar-refractivity contribution is 7.89. The normalized spacial score (nSPS) is 21.4. The van der Waals surface area contributed by atoms with Crippen molar-refractivity contribution in [2.45, 2.75) is 45.1 Å². The van der Waals surface area contributed by atoms with Crippen LogP contribution >= 0.6 is 11.3 Å². The van der Waals surface area contributed by atoms with Crippen molar-refractivity contribution in [3.05, 3.63) is 45.8 Å². The van der Waals surface area contributed by atoms with Crippen LogP contribution in [0.3, 0.4) is 0 Å². The molecule has 8 nitrogen and oxygen atoms in total. The number of piperidine rings is 1. The largest absolute Gasteiger partial charge is 0.462 e. The number of fused-ring (bicyclic) bond motifs is 1. The molecule has 0 bridgehead atoms. The average Bonchev–Trinajstić information content (AvgIpc) is 3.15. The first-order valence-electron chi connectivity index (χ1n) is 12.0. The molecule has 1 saturated heterocycles. The van der Waals surface area contributed by atoms with Gasteiger partial charge < -0.3 is 15.0 Å². The maximum absolute atomic E-state index is 13.1. The van der Waals surface area contributed by atoms with Crippen molar-refractivity contribution in [1.29, 1.82) is 0 Å². The molecule has 190 valence electrons. The number of carbonyl (C=O) groups excluding carboxylic acids is 2. The molecule has 4 rings (SSSR count). The third-order valence-corrected chi connectivity index (χ3v) is 9.52. The first kappa shape index (κ1) is 25.8. The molecule has 3 heterocycles. The molecule has 0 spiro atoms. The van der Waals surface area contributed by atoms with E-state index < -0.39 is 21.9 Å². The van der Waals surface area contributed by atoms with Crippen LogP contribution in [0.1, 0.15) is 58.3 Å². The van der Waals surface area contributed by atoms with Crippen LogP contribution in [0.15, 0.2) is 29.2 Å². The van der Waals surface area contributed by atoms with Crippen LogP contribution in [-0.4, -0.2) is 62.8 Å². The fourth-order valence-electron chi connectivity index (χ4n) is 4.94. The summed E-state index contributed by atoms with van der Waals surface area (Å²) in [5.41, 5.74) is 1.69. The fraction of sp³-hybridized carbons (Fsp3) is 0.520. The number of likely N-dealkylation sites (N-methyl/N-ethyl adjacent to an activating group) is 1. The van der Waals surface area contributed by atoms with Crippen LogP contribution in [0.2, 0.25) is 0 Å². The molecule has 1 fully saturated rings. The summed E-state index contributed by atoms with van der Waals surface area (Å²) in [6.07, 6.45) is 1.73. The quantitative estimate of drug-likeness (QED) is 0.583. The molecule has 1 amide bonds. The number of amides is 1. The van der Waals surface area contributed by atoms with Gasteiger partial charge in [-0.3, -0.25) is 4.79 Å². The average molecular weight is 520 g/mol. The van der Waals surface area contributed by atoms with Gasteiger partial charge >= 0.3 is 5.97 Å². The van der Waals surface area contributed by atoms with E-state index in [1.54, 1.807) is 11.2 Å². The molecule has 1 aromatic heterocycles. The minimum Gasteiger partial charge on any atom is -0.462 e. The third kappa shape index (κ3) is 5.45. The maximum atomic E-state index is 13.1. The number of nitrogens with zero attached hydrogens (tertiary/aromatic N) is 2. The van der Waals surface area contributed by atoms with Gasteiger partial charge in [-0.2, -0.15) is 4.31 Å². The van der Waals surface area contributed by atoms with Gasteiger partial charge in [0.05, 0.1) is 17.1 Å². The number of carbonyl (C=O) groups is 2. The summed E-state index contributed by atoms with van der Waals surface area (Å²) in [7, 11) is -1.60. The summed E-state index contributed by atoms with van der Waals surface area (Å²) >= 11 is 1.39. The number of esters is 1. The lowest BCUT2D eigenvalue weighted by Crippen LogP contribution is -2.42. The Morgan fingerprint density at radius 1 is 1.14 bits per heavy atom. The lowest BCUT2D eigenvalue weighted by atomic mass is 9.94. The molecule has 2 aliphatic rings. The summed E-state index contributed by atoms with van der Waals surface area (Å²) < 4.78 is 33.1. The molecule has 2 aromatic rings. The SMILES string of the molecule is CCOC(=O)c1c(NC(=O)c2ccc(S(=O)(=O)N3C[C@@H](C)C[C@H](C)C3)cc2)sc2c1CCN(C)C2. The number of sulfonamides is 1. The highest BCUT2D eigenvalue weighted by Crippen LogP contribution is 2.37. The van der Waals surface area contributed by atoms with Gasteiger partial charge in [0.25, 0.3) is 5.91 Å². The number of rotatable bonds is 6. The van der Waals surface area contributed by atoms with Crippen molar-refractivity contribution in [3.63, 3.8) is 0 Å². The Labute approximate surface area is 211 Å². The Morgan fingerprint density at radius 2 is 1.80 bits per heavy atom. The van der Waals surface area contributed by atoms with Crippen LogP contribution in [0.5, 0.6) is 0 Å². The van der Waals surface area contributed by atoms with E-state index in [0.29, 0.717) is 54.0 Å². The zero-order valence-electron chi connectivity index (χ0n) is 20.7. The Kier molecular flexibility index (Phi) is 7.65. The van der Waals surface area contributed by atoms with Crippen molar-refractivity contribution in [1.82, 2.24) is 9.21 Å². The Hall–Kier alpha value is -2.27. The Morgan fingerprint density at radius 3 is 2.43 bits per heavy atom. The monoisotopic (exact) mass is 519 g/mol. The number of benzene rings is 1. The lowest BCUT2D eigenvalue weighted by molar-refractivity contribution is 0.0526. The number of anilines is 1. The van der Waals surface area contributed by atoms with Crippen LogP contribution in [0.25, 0.3) is 0 Å². The van der Waals surface area contributed by atoms with Gasteiger partial charge in [-0.1, -0.05) is 13.8 Å². The molecule has 1 aromatic carbocycles. The van der Waals surface area contributed by atoms with E-state index in [1.165, 1.54) is 35.6 Å². The van der Waals surface area contributed by atoms with Gasteiger partial charge in [0.1, 0.15) is 5.00 Å². The second-order valence-electron chi connectivity index (χ2n) is 9.66. The van der Waals surface area contributed by atoms with E-state index in [-0.39, 0.29) is 11.5 Å². The van der Waals surface area contributed by atoms with Crippen molar-refractivity contribution in [2.75, 3.05) is 38.6 Å². The molecule has 0 aliphatic carbocycles. The van der Waals surface area contributed by atoms with Crippen molar-refractivity contribution in [3.8, 4) is 0 Å². The molecule has 0 saturated carbocycles. The van der Waals surface area contributed by atoms with E-state index in [2.05, 4.69) is 24.1 Å². The van der Waals surface area contributed by atoms with Crippen molar-refractivity contribution >= 4 is 38.2 Å². The van der Waals surface area contributed by atoms with E-state index >= 15 is 0 Å². The Bertz CT molecular complexity index is 1200. The summed E-state index contributed by atoms with van der Waals surface area (Å²) in [6.45, 7) is 8.68. The predicted molar refractivity (Wildman–Crippen MR) is 136 cm³/mol. The third-order valence-electron chi connectivity index (χ3n) is 6.54. The van der Waals surface area contributed by atoms with E-state index in [0.717, 1.165) is 23.4 Å². The smallest absolute Gasteiger partial charge is 0.341 e. The van der Waals surface area contributed by atoms with Gasteiger partial charge in [-0.15, -0.1) is 11.3 Å². The van der Waals surface area contributed by atoms with E-state index in [4.69, 9.17) is 4.74 Å². The molecule has 2 atom stereocenters. The van der Waals surface area contributed by atoms with E-state index in [9.17, 15) is 18.0 Å². The summed E-state index contributed by atoms with van der Waals surface area (Å²) in [4.78, 5) is 29.1. The molecule has 2 aliphatic heterocycles. The van der Waals surface area contributed by atoms with E-state index in [1.807, 2.05) is 7.05 Å². The molecule has 0 unspecified atom stereocenters. The topological polar surface area (TPSA) is 96.0 Å². The van der Waals surface area contributed by atoms with Crippen LogP contribution in [0, 0.1) is 11.8 Å². The highest BCUT2D eigenvalue weighted by Gasteiger charge is 2.32. The first-order valence-corrected chi connectivity index (χ1v) is 14.3. The zero-order valence-corrected chi connectivity index (χ0v) is 22.3. The molecule has 1 N–H and O–H groups in total. The second-order valence-corrected chi connectivity index (χ2v) is 12.7. The summed E-state index contributed by atoms with van der Waals surface area (Å²) in [5.74, 6) is -0.213. The maximum Gasteiger partial charge on any atom is 0.341 e. The van der Waals surface area contributed by atoms with Gasteiger partial charge in [0, 0.05) is 36.6 Å². The van der Waals surface area contributed by atoms with Crippen LogP contribution in [-0.2, 0) is 27.7 Å². The van der Waals surface area contributed by atoms with Crippen molar-refractivity contribution in [2.24, 2.45) is 11.8 Å². The summed E-state index contributed by atoms with van der Waals surface area (Å²) in [5, 5.41) is 3.35. The van der Waals surface area contributed by atoms with Gasteiger partial charge in [0.15, 0.2) is 0 Å². The van der Waals surface area contributed by atoms with Gasteiger partial charge in [-0.25, -0.2) is 13.2 Å². The Balaban J connectivity index is 1.55. The van der Waals surface area contributed by atoms with Crippen LogP contribution in [0.4, 0.5) is 5.00 Å². The van der Waals surface area contributed by atoms with Gasteiger partial charge in [-0.05, 0) is 68.5 Å². The zero-order chi connectivity index (χ0) is 25.3. The fourth-order valence-corrected chi connectivity index (χ4v) is 7.93. The minimum absolute atomic E-state index is 0.178. The molecular weight excluding hydrogens is 486 g/mol. The number of hydrogen-bond acceptors (Lipinski definition) is 7. The van der Waals surface area contributed by atoms with Crippen LogP contribution < -0.4 is 5.32 Å².